The monoisotopic (exact) mass is 430 g/mol. The molecule has 0 aromatic heterocycles. The number of carbonyl (C=O) groups excluding carboxylic acids is 2. The predicted octanol–water partition coefficient (Wildman–Crippen LogP) is 4.29. The van der Waals surface area contributed by atoms with E-state index in [0.29, 0.717) is 31.0 Å². The normalized spacial score (nSPS) is 17.3. The fraction of sp³-hybridized carbons (Fsp3) is 0.667. The van der Waals surface area contributed by atoms with Crippen LogP contribution in [0.5, 0.6) is 0 Å². The zero-order valence-corrected chi connectivity index (χ0v) is 18.9. The van der Waals surface area contributed by atoms with Crippen LogP contribution in [0.1, 0.15) is 75.1 Å². The van der Waals surface area contributed by atoms with E-state index in [4.69, 9.17) is 4.74 Å². The number of rotatable bonds is 9. The fourth-order valence-electron chi connectivity index (χ4n) is 4.42. The van der Waals surface area contributed by atoms with Crippen molar-refractivity contribution < 1.29 is 14.3 Å². The number of carbonyl (C=O) groups is 2. The average Bonchev–Trinajstić information content (AvgIpc) is 2.80. The Bertz CT molecular complexity index is 713. The van der Waals surface area contributed by atoms with Crippen LogP contribution in [-0.2, 0) is 4.74 Å². The van der Waals surface area contributed by atoms with Gasteiger partial charge in [0.25, 0.3) is 5.91 Å². The van der Waals surface area contributed by atoms with Gasteiger partial charge in [-0.3, -0.25) is 4.79 Å². The Morgan fingerprint density at radius 3 is 2.55 bits per heavy atom. The molecular weight excluding hydrogens is 392 g/mol. The van der Waals surface area contributed by atoms with Crippen LogP contribution in [0.4, 0.5) is 16.2 Å². The maximum atomic E-state index is 13.0. The molecule has 3 rings (SSSR count). The minimum Gasteiger partial charge on any atom is -0.382 e. The lowest BCUT2D eigenvalue weighted by atomic mass is 9.96. The van der Waals surface area contributed by atoms with Gasteiger partial charge in [0.15, 0.2) is 0 Å². The third-order valence-corrected chi connectivity index (χ3v) is 6.09. The molecule has 1 saturated carbocycles. The third kappa shape index (κ3) is 7.42. The predicted molar refractivity (Wildman–Crippen MR) is 125 cm³/mol. The molecule has 7 nitrogen and oxygen atoms in total. The largest absolute Gasteiger partial charge is 0.382 e. The number of urea groups is 1. The van der Waals surface area contributed by atoms with Crippen LogP contribution < -0.4 is 20.9 Å². The Morgan fingerprint density at radius 2 is 1.81 bits per heavy atom. The molecule has 3 amide bonds. The van der Waals surface area contributed by atoms with Crippen LogP contribution >= 0.6 is 0 Å². The first-order valence-electron chi connectivity index (χ1n) is 12.0. The molecule has 2 aliphatic rings. The van der Waals surface area contributed by atoms with Gasteiger partial charge in [0.1, 0.15) is 0 Å². The van der Waals surface area contributed by atoms with E-state index in [1.807, 2.05) is 25.1 Å². The summed E-state index contributed by atoms with van der Waals surface area (Å²) in [5.41, 5.74) is 2.21. The van der Waals surface area contributed by atoms with Crippen LogP contribution in [0, 0.1) is 0 Å². The third-order valence-electron chi connectivity index (χ3n) is 6.09. The minimum absolute atomic E-state index is 0.103. The average molecular weight is 431 g/mol. The van der Waals surface area contributed by atoms with Crippen molar-refractivity contribution in [2.45, 2.75) is 70.8 Å². The number of hydrogen-bond donors (Lipinski definition) is 3. The van der Waals surface area contributed by atoms with Gasteiger partial charge in [-0.25, -0.2) is 4.79 Å². The Labute approximate surface area is 186 Å². The lowest BCUT2D eigenvalue weighted by Crippen LogP contribution is -2.39. The van der Waals surface area contributed by atoms with Crippen molar-refractivity contribution >= 4 is 23.3 Å². The maximum Gasteiger partial charge on any atom is 0.319 e. The van der Waals surface area contributed by atoms with Crippen LogP contribution in [0.15, 0.2) is 18.2 Å². The van der Waals surface area contributed by atoms with E-state index in [1.54, 1.807) is 0 Å². The molecule has 1 saturated heterocycles. The van der Waals surface area contributed by atoms with E-state index in [0.717, 1.165) is 50.9 Å². The summed E-state index contributed by atoms with van der Waals surface area (Å²) < 4.78 is 5.35. The molecule has 0 radical (unpaired) electrons. The van der Waals surface area contributed by atoms with Gasteiger partial charge in [0, 0.05) is 50.3 Å². The summed E-state index contributed by atoms with van der Waals surface area (Å²) >= 11 is 0. The Hall–Kier alpha value is -2.28. The van der Waals surface area contributed by atoms with Gasteiger partial charge >= 0.3 is 6.03 Å². The van der Waals surface area contributed by atoms with Crippen molar-refractivity contribution in [3.8, 4) is 0 Å². The van der Waals surface area contributed by atoms with E-state index in [9.17, 15) is 9.59 Å². The highest BCUT2D eigenvalue weighted by Crippen LogP contribution is 2.27. The first-order chi connectivity index (χ1) is 15.2. The zero-order chi connectivity index (χ0) is 21.9. The van der Waals surface area contributed by atoms with Gasteiger partial charge in [0.05, 0.1) is 5.56 Å². The molecule has 2 fully saturated rings. The smallest absolute Gasteiger partial charge is 0.319 e. The van der Waals surface area contributed by atoms with E-state index in [1.165, 1.54) is 25.7 Å². The van der Waals surface area contributed by atoms with Gasteiger partial charge in [0.2, 0.25) is 0 Å². The molecular formula is C24H38N4O3. The van der Waals surface area contributed by atoms with Gasteiger partial charge in [-0.05, 0) is 63.6 Å². The first kappa shape index (κ1) is 23.4. The summed E-state index contributed by atoms with van der Waals surface area (Å²) in [6, 6.07) is 5.73. The van der Waals surface area contributed by atoms with E-state index in [-0.39, 0.29) is 18.0 Å². The lowest BCUT2D eigenvalue weighted by molar-refractivity contribution is 0.0944. The summed E-state index contributed by atoms with van der Waals surface area (Å²) in [7, 11) is 0. The van der Waals surface area contributed by atoms with Crippen LogP contribution in [0.2, 0.25) is 0 Å². The lowest BCUT2D eigenvalue weighted by Gasteiger charge is -2.30. The van der Waals surface area contributed by atoms with Crippen LogP contribution in [0.3, 0.4) is 0 Å². The number of ether oxygens (including phenoxy) is 1. The van der Waals surface area contributed by atoms with Crippen molar-refractivity contribution in [3.63, 3.8) is 0 Å². The maximum absolute atomic E-state index is 13.0. The van der Waals surface area contributed by atoms with Crippen molar-refractivity contribution in [2.75, 3.05) is 43.1 Å². The molecule has 172 valence electrons. The zero-order valence-electron chi connectivity index (χ0n) is 18.9. The number of anilines is 2. The highest BCUT2D eigenvalue weighted by atomic mass is 16.5. The molecule has 1 aliphatic carbocycles. The van der Waals surface area contributed by atoms with Gasteiger partial charge in [-0.15, -0.1) is 0 Å². The molecule has 0 spiro atoms. The number of piperidine rings is 1. The summed E-state index contributed by atoms with van der Waals surface area (Å²) in [6.07, 6.45) is 9.95. The highest BCUT2D eigenvalue weighted by Gasteiger charge is 2.20. The molecule has 0 atom stereocenters. The fourth-order valence-corrected chi connectivity index (χ4v) is 4.42. The standard InChI is InChI=1S/C24H38N4O3/c1-2-31-17-9-14-25-23(29)21-18-20(12-13-22(21)28-15-7-4-8-16-28)27-24(30)26-19-10-5-3-6-11-19/h12-13,18-19H,2-11,14-17H2,1H3,(H,25,29)(H2,26,27,30). The van der Waals surface area contributed by atoms with Crippen LogP contribution in [0.25, 0.3) is 0 Å². The second-order valence-corrected chi connectivity index (χ2v) is 8.52. The summed E-state index contributed by atoms with van der Waals surface area (Å²) in [4.78, 5) is 27.7. The Morgan fingerprint density at radius 1 is 1.06 bits per heavy atom. The molecule has 3 N–H and O–H groups in total. The molecule has 1 aromatic carbocycles. The number of hydrogen-bond acceptors (Lipinski definition) is 4. The second kappa shape index (κ2) is 12.5. The number of amides is 3. The molecule has 0 unspecified atom stereocenters. The van der Waals surface area contributed by atoms with Gasteiger partial charge in [-0.2, -0.15) is 0 Å². The quantitative estimate of drug-likeness (QED) is 0.511. The van der Waals surface area contributed by atoms with E-state index >= 15 is 0 Å². The Balaban J connectivity index is 1.66. The summed E-state index contributed by atoms with van der Waals surface area (Å²) in [5.74, 6) is -0.103. The summed E-state index contributed by atoms with van der Waals surface area (Å²) in [6.45, 7) is 5.77. The van der Waals surface area contributed by atoms with Crippen molar-refractivity contribution in [1.29, 1.82) is 0 Å². The van der Waals surface area contributed by atoms with E-state index in [2.05, 4.69) is 20.9 Å². The highest BCUT2D eigenvalue weighted by molar-refractivity contribution is 6.02. The van der Waals surface area contributed by atoms with E-state index < -0.39 is 0 Å². The second-order valence-electron chi connectivity index (χ2n) is 8.52. The number of nitrogens with zero attached hydrogens (tertiary/aromatic N) is 1. The van der Waals surface area contributed by atoms with Crippen molar-refractivity contribution in [3.05, 3.63) is 23.8 Å². The molecule has 1 aliphatic heterocycles. The van der Waals surface area contributed by atoms with Gasteiger partial charge in [-0.1, -0.05) is 19.3 Å². The topological polar surface area (TPSA) is 82.7 Å². The van der Waals surface area contributed by atoms with Gasteiger partial charge < -0.3 is 25.6 Å². The number of benzene rings is 1. The molecule has 1 aromatic rings. The van der Waals surface area contributed by atoms with Crippen LogP contribution in [-0.4, -0.2) is 50.8 Å². The van der Waals surface area contributed by atoms with Crippen molar-refractivity contribution in [1.82, 2.24) is 10.6 Å². The molecule has 31 heavy (non-hydrogen) atoms. The SMILES string of the molecule is CCOCCCNC(=O)c1cc(NC(=O)NC2CCCCC2)ccc1N1CCCCC1. The first-order valence-corrected chi connectivity index (χ1v) is 12.0. The van der Waals surface area contributed by atoms with Crippen molar-refractivity contribution in [2.24, 2.45) is 0 Å². The summed E-state index contributed by atoms with van der Waals surface area (Å²) in [5, 5.41) is 9.01. The molecule has 0 bridgehead atoms. The molecule has 1 heterocycles. The molecule has 7 heteroatoms. The Kier molecular flexibility index (Phi) is 9.46. The minimum atomic E-state index is -0.194. The number of nitrogens with one attached hydrogen (secondary N) is 3.